The summed E-state index contributed by atoms with van der Waals surface area (Å²) >= 11 is 1.33. The molecule has 3 rings (SSSR count). The molecule has 0 radical (unpaired) electrons. The second-order valence-corrected chi connectivity index (χ2v) is 6.15. The maximum absolute atomic E-state index is 14.1. The van der Waals surface area contributed by atoms with E-state index >= 15 is 0 Å². The fourth-order valence-corrected chi connectivity index (χ4v) is 2.63. The molecule has 30 heavy (non-hydrogen) atoms. The topological polar surface area (TPSA) is 88.8 Å². The van der Waals surface area contributed by atoms with Crippen molar-refractivity contribution in [3.63, 3.8) is 0 Å². The Hall–Kier alpha value is -2.73. The minimum atomic E-state index is -2.88. The van der Waals surface area contributed by atoms with Crippen molar-refractivity contribution in [1.29, 1.82) is 0 Å². The van der Waals surface area contributed by atoms with Gasteiger partial charge in [-0.1, -0.05) is 31.9 Å². The molecule has 0 fully saturated rings. The quantitative estimate of drug-likeness (QED) is 0.379. The van der Waals surface area contributed by atoms with Crippen molar-refractivity contribution < 1.29 is 22.0 Å². The highest BCUT2D eigenvalue weighted by molar-refractivity contribution is 7.96. The fraction of sp³-hybridized carbons (Fsp3) is 0.333. The third kappa shape index (κ3) is 6.13. The van der Waals surface area contributed by atoms with Crippen LogP contribution in [0.5, 0.6) is 0 Å². The molecule has 12 heteroatoms. The van der Waals surface area contributed by atoms with E-state index in [1.807, 2.05) is 13.8 Å². The monoisotopic (exact) mass is 444 g/mol. The van der Waals surface area contributed by atoms with E-state index < -0.39 is 30.0 Å². The van der Waals surface area contributed by atoms with E-state index in [9.17, 15) is 17.6 Å². The number of benzene rings is 1. The molecule has 1 unspecified atom stereocenters. The van der Waals surface area contributed by atoms with E-state index in [-0.39, 0.29) is 23.0 Å². The molecule has 0 saturated carbocycles. The van der Waals surface area contributed by atoms with Gasteiger partial charge in [-0.15, -0.1) is 10.2 Å². The summed E-state index contributed by atoms with van der Waals surface area (Å²) in [6.45, 7) is 4.30. The standard InChI is InChI=1S/C16H14F4N6OS.C2H6/c1-28-23-7-12(10-3-2-9(17)4-11(10)18)24-16-21-5-8(6-22-16)14-25-26-15(27-14)13(19)20;1-2/h2-6,12-13,23H,7H2,1H3,(H,21,22,24);1-2H3. The molecule has 2 aromatic heterocycles. The molecule has 2 heterocycles. The molecule has 0 saturated heterocycles. The predicted molar refractivity (Wildman–Crippen MR) is 106 cm³/mol. The number of hydrogen-bond donors (Lipinski definition) is 2. The molecule has 0 spiro atoms. The Labute approximate surface area is 174 Å². The second kappa shape index (κ2) is 11.5. The average Bonchev–Trinajstić information content (AvgIpc) is 3.24. The van der Waals surface area contributed by atoms with E-state index in [0.29, 0.717) is 6.54 Å². The Balaban J connectivity index is 0.00000155. The summed E-state index contributed by atoms with van der Waals surface area (Å²) < 4.78 is 60.2. The van der Waals surface area contributed by atoms with Gasteiger partial charge in [0.1, 0.15) is 11.6 Å². The van der Waals surface area contributed by atoms with Crippen molar-refractivity contribution in [3.05, 3.63) is 53.7 Å². The maximum atomic E-state index is 14.1. The SMILES string of the molecule is CC.CSNCC(Nc1ncc(-c2nnc(C(F)F)o2)cn1)c1ccc(F)cc1F. The summed E-state index contributed by atoms with van der Waals surface area (Å²) in [5.41, 5.74) is 0.478. The first-order valence-corrected chi connectivity index (χ1v) is 10.1. The molecule has 2 N–H and O–H groups in total. The number of hydrogen-bond acceptors (Lipinski definition) is 8. The molecule has 162 valence electrons. The molecular formula is C18H20F4N6OS. The van der Waals surface area contributed by atoms with Crippen LogP contribution in [0.3, 0.4) is 0 Å². The summed E-state index contributed by atoms with van der Waals surface area (Å²) in [6, 6.07) is 2.70. The van der Waals surface area contributed by atoms with Crippen LogP contribution in [0, 0.1) is 11.6 Å². The van der Waals surface area contributed by atoms with Crippen molar-refractivity contribution in [3.8, 4) is 11.5 Å². The zero-order valence-corrected chi connectivity index (χ0v) is 17.2. The first-order chi connectivity index (χ1) is 14.5. The number of aromatic nitrogens is 4. The Morgan fingerprint density at radius 2 is 1.80 bits per heavy atom. The number of halogens is 4. The smallest absolute Gasteiger partial charge is 0.314 e. The number of anilines is 1. The predicted octanol–water partition coefficient (Wildman–Crippen LogP) is 4.79. The third-order valence-corrected chi connectivity index (χ3v) is 4.05. The maximum Gasteiger partial charge on any atom is 0.314 e. The van der Waals surface area contributed by atoms with E-state index in [0.717, 1.165) is 12.1 Å². The first kappa shape index (κ1) is 23.5. The van der Waals surface area contributed by atoms with E-state index in [4.69, 9.17) is 4.42 Å². The number of alkyl halides is 2. The largest absolute Gasteiger partial charge is 0.415 e. The lowest BCUT2D eigenvalue weighted by molar-refractivity contribution is 0.116. The minimum Gasteiger partial charge on any atom is -0.415 e. The van der Waals surface area contributed by atoms with Gasteiger partial charge in [-0.25, -0.2) is 18.7 Å². The minimum absolute atomic E-state index is 0.146. The third-order valence-electron chi connectivity index (χ3n) is 3.60. The lowest BCUT2D eigenvalue weighted by Crippen LogP contribution is -2.24. The van der Waals surface area contributed by atoms with Gasteiger partial charge in [0.25, 0.3) is 11.8 Å². The summed E-state index contributed by atoms with van der Waals surface area (Å²) in [7, 11) is 0. The van der Waals surface area contributed by atoms with Crippen molar-refractivity contribution in [2.24, 2.45) is 0 Å². The molecule has 0 bridgehead atoms. The molecule has 0 aliphatic carbocycles. The number of rotatable bonds is 8. The Morgan fingerprint density at radius 1 is 1.10 bits per heavy atom. The van der Waals surface area contributed by atoms with Gasteiger partial charge in [-0.05, 0) is 12.3 Å². The highest BCUT2D eigenvalue weighted by Crippen LogP contribution is 2.24. The molecule has 0 aliphatic rings. The van der Waals surface area contributed by atoms with Crippen LogP contribution in [0.1, 0.15) is 37.8 Å². The lowest BCUT2D eigenvalue weighted by Gasteiger charge is -2.19. The Kier molecular flexibility index (Phi) is 8.99. The molecular weight excluding hydrogens is 424 g/mol. The van der Waals surface area contributed by atoms with E-state index in [1.165, 1.54) is 30.4 Å². The van der Waals surface area contributed by atoms with Crippen molar-refractivity contribution >= 4 is 17.9 Å². The summed E-state index contributed by atoms with van der Waals surface area (Å²) in [6.07, 6.45) is 1.54. The summed E-state index contributed by atoms with van der Waals surface area (Å²) in [4.78, 5) is 8.12. The van der Waals surface area contributed by atoms with Gasteiger partial charge in [0.2, 0.25) is 5.95 Å². The molecule has 0 amide bonds. The van der Waals surface area contributed by atoms with Gasteiger partial charge in [-0.2, -0.15) is 8.78 Å². The fourth-order valence-electron chi connectivity index (χ4n) is 2.30. The highest BCUT2D eigenvalue weighted by Gasteiger charge is 2.19. The van der Waals surface area contributed by atoms with Crippen molar-refractivity contribution in [1.82, 2.24) is 24.9 Å². The lowest BCUT2D eigenvalue weighted by atomic mass is 10.1. The average molecular weight is 444 g/mol. The van der Waals surface area contributed by atoms with Crippen LogP contribution in [0.25, 0.3) is 11.5 Å². The van der Waals surface area contributed by atoms with Crippen molar-refractivity contribution in [2.75, 3.05) is 18.1 Å². The normalized spacial score (nSPS) is 11.7. The number of nitrogens with one attached hydrogen (secondary N) is 2. The Morgan fingerprint density at radius 3 is 2.37 bits per heavy atom. The summed E-state index contributed by atoms with van der Waals surface area (Å²) in [5, 5.41) is 9.69. The van der Waals surface area contributed by atoms with Crippen LogP contribution >= 0.6 is 11.9 Å². The van der Waals surface area contributed by atoms with Crippen LogP contribution in [0.4, 0.5) is 23.5 Å². The van der Waals surface area contributed by atoms with Gasteiger partial charge >= 0.3 is 6.43 Å². The molecule has 7 nitrogen and oxygen atoms in total. The number of nitrogens with zero attached hydrogens (tertiary/aromatic N) is 4. The molecule has 1 atom stereocenters. The van der Waals surface area contributed by atoms with E-state index in [2.05, 4.69) is 30.2 Å². The van der Waals surface area contributed by atoms with Crippen LogP contribution in [-0.4, -0.2) is 33.0 Å². The Bertz CT molecular complexity index is 925. The zero-order valence-electron chi connectivity index (χ0n) is 16.4. The molecule has 1 aromatic carbocycles. The van der Waals surface area contributed by atoms with Crippen molar-refractivity contribution in [2.45, 2.75) is 26.3 Å². The van der Waals surface area contributed by atoms with Crippen LogP contribution in [-0.2, 0) is 0 Å². The van der Waals surface area contributed by atoms with Gasteiger partial charge in [-0.3, -0.25) is 4.72 Å². The van der Waals surface area contributed by atoms with Crippen LogP contribution < -0.4 is 10.0 Å². The van der Waals surface area contributed by atoms with Crippen LogP contribution in [0.2, 0.25) is 0 Å². The van der Waals surface area contributed by atoms with Crippen LogP contribution in [0.15, 0.2) is 35.0 Å². The van der Waals surface area contributed by atoms with Gasteiger partial charge in [0, 0.05) is 30.6 Å². The first-order valence-electron chi connectivity index (χ1n) is 8.89. The second-order valence-electron chi connectivity index (χ2n) is 5.46. The zero-order chi connectivity index (χ0) is 22.1. The van der Waals surface area contributed by atoms with Gasteiger partial charge < -0.3 is 9.73 Å². The van der Waals surface area contributed by atoms with E-state index in [1.54, 1.807) is 6.26 Å². The summed E-state index contributed by atoms with van der Waals surface area (Å²) in [5.74, 6) is -2.18. The molecule has 0 aliphatic heterocycles. The highest BCUT2D eigenvalue weighted by atomic mass is 32.2. The van der Waals surface area contributed by atoms with Gasteiger partial charge in [0.15, 0.2) is 0 Å². The van der Waals surface area contributed by atoms with Gasteiger partial charge in [0.05, 0.1) is 11.6 Å². The molecule has 3 aromatic rings.